The lowest BCUT2D eigenvalue weighted by molar-refractivity contribution is -0.146. The molecule has 0 heterocycles. The van der Waals surface area contributed by atoms with Gasteiger partial charge in [-0.05, 0) is 23.0 Å². The van der Waals surface area contributed by atoms with Gasteiger partial charge in [-0.1, -0.05) is 41.5 Å². The second-order valence-electron chi connectivity index (χ2n) is 8.28. The first-order valence-corrected chi connectivity index (χ1v) is 9.38. The third-order valence-electron chi connectivity index (χ3n) is 4.02. The zero-order valence-electron chi connectivity index (χ0n) is 16.9. The summed E-state index contributed by atoms with van der Waals surface area (Å²) >= 11 is 1.25. The van der Waals surface area contributed by atoms with E-state index in [-0.39, 0.29) is 23.0 Å². The summed E-state index contributed by atoms with van der Waals surface area (Å²) in [6.07, 6.45) is -0.0789. The molecule has 0 bridgehead atoms. The monoisotopic (exact) mass is 382 g/mol. The third-order valence-corrected chi connectivity index (χ3v) is 5.17. The van der Waals surface area contributed by atoms with Crippen LogP contribution in [0.25, 0.3) is 0 Å². The molecule has 0 saturated heterocycles. The molecule has 5 nitrogen and oxygen atoms in total. The van der Waals surface area contributed by atoms with Gasteiger partial charge >= 0.3 is 11.9 Å². The Labute approximate surface area is 160 Å². The van der Waals surface area contributed by atoms with Crippen molar-refractivity contribution in [2.24, 2.45) is 0 Å². The Morgan fingerprint density at radius 3 is 1.81 bits per heavy atom. The number of esters is 2. The van der Waals surface area contributed by atoms with E-state index in [9.17, 15) is 14.7 Å². The smallest absolute Gasteiger partial charge is 0.319 e. The number of methoxy groups -OCH3 is 2. The molecule has 0 spiro atoms. The summed E-state index contributed by atoms with van der Waals surface area (Å²) in [5.74, 6) is -0.682. The lowest BCUT2D eigenvalue weighted by atomic mass is 9.79. The van der Waals surface area contributed by atoms with E-state index < -0.39 is 17.2 Å². The molecule has 0 aromatic heterocycles. The van der Waals surface area contributed by atoms with E-state index in [1.165, 1.54) is 26.0 Å². The minimum absolute atomic E-state index is 0.0789. The molecule has 0 aliphatic rings. The molecule has 1 unspecified atom stereocenters. The van der Waals surface area contributed by atoms with Crippen LogP contribution in [-0.2, 0) is 29.9 Å². The number of carbonyl (C=O) groups excluding carboxylic acids is 2. The molecule has 1 rings (SSSR count). The second-order valence-corrected chi connectivity index (χ2v) is 9.55. The molecule has 1 atom stereocenters. The van der Waals surface area contributed by atoms with Gasteiger partial charge in [0.25, 0.3) is 0 Å². The van der Waals surface area contributed by atoms with E-state index in [1.54, 1.807) is 0 Å². The van der Waals surface area contributed by atoms with Crippen molar-refractivity contribution in [2.75, 3.05) is 14.2 Å². The average Bonchev–Trinajstić information content (AvgIpc) is 2.52. The Hall–Kier alpha value is -1.69. The van der Waals surface area contributed by atoms with Gasteiger partial charge in [0.2, 0.25) is 0 Å². The van der Waals surface area contributed by atoms with E-state index >= 15 is 0 Å². The maximum atomic E-state index is 12.1. The summed E-state index contributed by atoms with van der Waals surface area (Å²) in [6.45, 7) is 12.1. The molecule has 6 heteroatoms. The van der Waals surface area contributed by atoms with Crippen LogP contribution in [0.15, 0.2) is 17.0 Å². The normalized spacial score (nSPS) is 13.2. The standard InChI is InChI=1S/C20H30O5S/c1-19(2,3)13-9-12(10-14(17(13)22)20(4,5)6)26-15(18(23)25-8)11-16(21)24-7/h9-10,15,22H,11H2,1-8H3. The van der Waals surface area contributed by atoms with Gasteiger partial charge in [-0.15, -0.1) is 11.8 Å². The highest BCUT2D eigenvalue weighted by Crippen LogP contribution is 2.42. The second kappa shape index (κ2) is 8.33. The van der Waals surface area contributed by atoms with Crippen LogP contribution in [0.5, 0.6) is 5.75 Å². The SMILES string of the molecule is COC(=O)CC(Sc1cc(C(C)(C)C)c(O)c(C(C)(C)C)c1)C(=O)OC. The van der Waals surface area contributed by atoms with Crippen molar-refractivity contribution in [1.29, 1.82) is 0 Å². The average molecular weight is 383 g/mol. The molecule has 0 fully saturated rings. The van der Waals surface area contributed by atoms with Crippen molar-refractivity contribution in [2.45, 2.75) is 68.9 Å². The van der Waals surface area contributed by atoms with Gasteiger partial charge in [-0.3, -0.25) is 9.59 Å². The minimum atomic E-state index is -0.711. The molecule has 0 amide bonds. The lowest BCUT2D eigenvalue weighted by Crippen LogP contribution is -2.23. The highest BCUT2D eigenvalue weighted by molar-refractivity contribution is 8.00. The number of thioether (sulfide) groups is 1. The number of aromatic hydroxyl groups is 1. The van der Waals surface area contributed by atoms with Crippen molar-refractivity contribution >= 4 is 23.7 Å². The number of hydrogen-bond donors (Lipinski definition) is 1. The van der Waals surface area contributed by atoms with Gasteiger partial charge in [-0.2, -0.15) is 0 Å². The van der Waals surface area contributed by atoms with Gasteiger partial charge < -0.3 is 14.6 Å². The van der Waals surface area contributed by atoms with Gasteiger partial charge in [0.05, 0.1) is 20.6 Å². The summed E-state index contributed by atoms with van der Waals surface area (Å²) in [7, 11) is 2.59. The van der Waals surface area contributed by atoms with Crippen molar-refractivity contribution < 1.29 is 24.2 Å². The van der Waals surface area contributed by atoms with Crippen molar-refractivity contribution in [3.05, 3.63) is 23.3 Å². The molecule has 0 radical (unpaired) electrons. The van der Waals surface area contributed by atoms with E-state index in [2.05, 4.69) is 4.74 Å². The summed E-state index contributed by atoms with van der Waals surface area (Å²) in [5.41, 5.74) is 1.05. The number of ether oxygens (including phenoxy) is 2. The number of phenolic OH excluding ortho intramolecular Hbond substituents is 1. The maximum absolute atomic E-state index is 12.1. The lowest BCUT2D eigenvalue weighted by Gasteiger charge is -2.28. The minimum Gasteiger partial charge on any atom is -0.507 e. The van der Waals surface area contributed by atoms with E-state index in [4.69, 9.17) is 4.74 Å². The predicted octanol–water partition coefficient (Wildman–Crippen LogP) is 4.18. The van der Waals surface area contributed by atoms with Crippen LogP contribution in [0.1, 0.15) is 59.1 Å². The van der Waals surface area contributed by atoms with E-state index in [0.29, 0.717) is 0 Å². The molecule has 0 aliphatic heterocycles. The quantitative estimate of drug-likeness (QED) is 0.608. The first kappa shape index (κ1) is 22.4. The molecule has 1 N–H and O–H groups in total. The third kappa shape index (κ3) is 5.66. The van der Waals surface area contributed by atoms with Gasteiger partial charge in [0.15, 0.2) is 0 Å². The van der Waals surface area contributed by atoms with Gasteiger partial charge in [0, 0.05) is 16.0 Å². The fourth-order valence-electron chi connectivity index (χ4n) is 2.52. The number of carbonyl (C=O) groups is 2. The van der Waals surface area contributed by atoms with Crippen molar-refractivity contribution in [1.82, 2.24) is 0 Å². The maximum Gasteiger partial charge on any atom is 0.319 e. The highest BCUT2D eigenvalue weighted by Gasteiger charge is 2.29. The van der Waals surface area contributed by atoms with Crippen molar-refractivity contribution in [3.63, 3.8) is 0 Å². The Bertz CT molecular complexity index is 633. The van der Waals surface area contributed by atoms with Crippen LogP contribution in [0.4, 0.5) is 0 Å². The number of benzene rings is 1. The summed E-state index contributed by atoms with van der Waals surface area (Å²) < 4.78 is 9.52. The molecule has 26 heavy (non-hydrogen) atoms. The fraction of sp³-hybridized carbons (Fsp3) is 0.600. The number of phenols is 1. The Balaban J connectivity index is 3.41. The summed E-state index contributed by atoms with van der Waals surface area (Å²) in [6, 6.07) is 3.75. The van der Waals surface area contributed by atoms with Crippen LogP contribution in [0.3, 0.4) is 0 Å². The zero-order chi connectivity index (χ0) is 20.3. The van der Waals surface area contributed by atoms with Gasteiger partial charge in [0.1, 0.15) is 11.0 Å². The highest BCUT2D eigenvalue weighted by atomic mass is 32.2. The molecular formula is C20H30O5S. The molecule has 0 saturated carbocycles. The van der Waals surface area contributed by atoms with Crippen LogP contribution in [0, 0.1) is 0 Å². The van der Waals surface area contributed by atoms with E-state index in [0.717, 1.165) is 16.0 Å². The fourth-order valence-corrected chi connectivity index (χ4v) is 3.64. The predicted molar refractivity (Wildman–Crippen MR) is 104 cm³/mol. The van der Waals surface area contributed by atoms with Crippen LogP contribution >= 0.6 is 11.8 Å². The van der Waals surface area contributed by atoms with E-state index in [1.807, 2.05) is 53.7 Å². The first-order valence-electron chi connectivity index (χ1n) is 8.50. The summed E-state index contributed by atoms with van der Waals surface area (Å²) in [5, 5.41) is 10.1. The number of hydrogen-bond acceptors (Lipinski definition) is 6. The van der Waals surface area contributed by atoms with Crippen molar-refractivity contribution in [3.8, 4) is 5.75 Å². The Kier molecular flexibility index (Phi) is 7.17. The largest absolute Gasteiger partial charge is 0.507 e. The number of rotatable bonds is 5. The summed E-state index contributed by atoms with van der Waals surface area (Å²) in [4.78, 5) is 24.6. The van der Waals surface area contributed by atoms with Gasteiger partial charge in [-0.25, -0.2) is 0 Å². The Morgan fingerprint density at radius 2 is 1.46 bits per heavy atom. The van der Waals surface area contributed by atoms with Crippen LogP contribution in [0.2, 0.25) is 0 Å². The zero-order valence-corrected chi connectivity index (χ0v) is 17.7. The Morgan fingerprint density at radius 1 is 1.00 bits per heavy atom. The molecular weight excluding hydrogens is 352 g/mol. The topological polar surface area (TPSA) is 72.8 Å². The molecule has 1 aromatic rings. The molecule has 146 valence electrons. The first-order chi connectivity index (χ1) is 11.8. The van der Waals surface area contributed by atoms with Crippen LogP contribution < -0.4 is 0 Å². The molecule has 0 aliphatic carbocycles. The van der Waals surface area contributed by atoms with Crippen LogP contribution in [-0.4, -0.2) is 36.5 Å². The molecule has 1 aromatic carbocycles.